The van der Waals surface area contributed by atoms with E-state index < -0.39 is 29.4 Å². The average Bonchev–Trinajstić information content (AvgIpc) is 3.18. The highest BCUT2D eigenvalue weighted by Crippen LogP contribution is 2.36. The Morgan fingerprint density at radius 2 is 1.81 bits per heavy atom. The van der Waals surface area contributed by atoms with Crippen LogP contribution < -0.4 is 0 Å². The quantitative estimate of drug-likeness (QED) is 0.475. The molecule has 0 saturated carbocycles. The summed E-state index contributed by atoms with van der Waals surface area (Å²) in [5.74, 6) is -2.12. The van der Waals surface area contributed by atoms with Crippen LogP contribution in [0.1, 0.15) is 27.2 Å². The average molecular weight is 424 g/mol. The highest BCUT2D eigenvalue weighted by molar-refractivity contribution is 6.42. The van der Waals surface area contributed by atoms with Crippen molar-refractivity contribution in [2.75, 3.05) is 0 Å². The Balaban J connectivity index is 1.53. The second-order valence-corrected chi connectivity index (χ2v) is 8.06. The van der Waals surface area contributed by atoms with Gasteiger partial charge in [0.15, 0.2) is 0 Å². The maximum absolute atomic E-state index is 15.1. The van der Waals surface area contributed by atoms with Crippen LogP contribution in [0.5, 0.6) is 0 Å². The van der Waals surface area contributed by atoms with Crippen LogP contribution in [-0.2, 0) is 18.9 Å². The van der Waals surface area contributed by atoms with Crippen molar-refractivity contribution in [2.24, 2.45) is 7.05 Å². The van der Waals surface area contributed by atoms with Gasteiger partial charge >= 0.3 is 0 Å². The lowest BCUT2D eigenvalue weighted by molar-refractivity contribution is 0.0727. The molecular formula is C23H16B2F2N4O. The van der Waals surface area contributed by atoms with E-state index in [1.165, 1.54) is 24.4 Å². The van der Waals surface area contributed by atoms with Gasteiger partial charge in [0.2, 0.25) is 0 Å². The molecule has 2 aromatic carbocycles. The largest absolute Gasteiger partial charge is 0.340 e. The van der Waals surface area contributed by atoms with Gasteiger partial charge in [-0.1, -0.05) is 0 Å². The zero-order chi connectivity index (χ0) is 22.8. The zero-order valence-corrected chi connectivity index (χ0v) is 17.4. The van der Waals surface area contributed by atoms with Crippen molar-refractivity contribution < 1.29 is 13.6 Å². The predicted molar refractivity (Wildman–Crippen MR) is 118 cm³/mol. The number of hydrogen-bond acceptors (Lipinski definition) is 3. The standard InChI is InChI=1S/C23H16B2F2N4O/c1-12-6-20-14(10-30(2)29-20)7-16(12)13-8-18(26)17(19(27)9-13)11-31-22(32)15-4-3-5-28-21(15)23(31,24)25/h3-10H,11H2,1-2H3. The first-order valence-corrected chi connectivity index (χ1v) is 9.94. The molecule has 1 aliphatic heterocycles. The number of fused-ring (bicyclic) bond motifs is 2. The maximum atomic E-state index is 15.1. The molecule has 5 rings (SSSR count). The summed E-state index contributed by atoms with van der Waals surface area (Å²) in [6.45, 7) is 1.43. The molecule has 1 amide bonds. The van der Waals surface area contributed by atoms with Crippen LogP contribution in [0.3, 0.4) is 0 Å². The fourth-order valence-corrected chi connectivity index (χ4v) is 4.22. The molecule has 3 heterocycles. The van der Waals surface area contributed by atoms with Gasteiger partial charge in [-0.15, -0.1) is 0 Å². The number of hydrogen-bond donors (Lipinski definition) is 0. The van der Waals surface area contributed by atoms with Crippen LogP contribution in [0, 0.1) is 18.6 Å². The van der Waals surface area contributed by atoms with Gasteiger partial charge in [0, 0.05) is 35.7 Å². The number of aromatic nitrogens is 3. The van der Waals surface area contributed by atoms with Crippen LogP contribution in [0.15, 0.2) is 48.8 Å². The second kappa shape index (κ2) is 7.02. The van der Waals surface area contributed by atoms with Crippen molar-refractivity contribution in [3.63, 3.8) is 0 Å². The van der Waals surface area contributed by atoms with E-state index in [9.17, 15) is 4.79 Å². The SMILES string of the molecule is [B]C1([B])c2ncccc2C(=O)N1Cc1c(F)cc(-c2cc3cn(C)nc3cc2C)cc1F. The van der Waals surface area contributed by atoms with Gasteiger partial charge in [0.25, 0.3) is 5.91 Å². The first-order valence-electron chi connectivity index (χ1n) is 9.94. The number of carbonyl (C=O) groups excluding carboxylic acids is 1. The Hall–Kier alpha value is -3.48. The number of carbonyl (C=O) groups is 1. The third-order valence-electron chi connectivity index (χ3n) is 5.84. The lowest BCUT2D eigenvalue weighted by Crippen LogP contribution is -2.45. The number of nitrogens with zero attached hydrogens (tertiary/aromatic N) is 4. The van der Waals surface area contributed by atoms with Gasteiger partial charge in [-0.3, -0.25) is 14.5 Å². The summed E-state index contributed by atoms with van der Waals surface area (Å²) in [5, 5.41) is 3.45. The van der Waals surface area contributed by atoms with Crippen LogP contribution in [0.25, 0.3) is 22.0 Å². The number of amides is 1. The molecule has 32 heavy (non-hydrogen) atoms. The van der Waals surface area contributed by atoms with Crippen molar-refractivity contribution in [2.45, 2.75) is 18.8 Å². The fourth-order valence-electron chi connectivity index (χ4n) is 4.22. The Labute approximate surface area is 185 Å². The molecular weight excluding hydrogens is 408 g/mol. The number of benzene rings is 2. The highest BCUT2D eigenvalue weighted by Gasteiger charge is 2.43. The van der Waals surface area contributed by atoms with Crippen molar-refractivity contribution >= 4 is 32.5 Å². The minimum atomic E-state index is -1.77. The topological polar surface area (TPSA) is 51.0 Å². The van der Waals surface area contributed by atoms with Crippen LogP contribution in [0.2, 0.25) is 0 Å². The molecule has 0 bridgehead atoms. The first kappa shape index (κ1) is 20.4. The third kappa shape index (κ3) is 3.03. The molecule has 5 nitrogen and oxygen atoms in total. The molecule has 4 radical (unpaired) electrons. The van der Waals surface area contributed by atoms with Gasteiger partial charge in [0.1, 0.15) is 11.6 Å². The fraction of sp³-hybridized carbons (Fsp3) is 0.174. The first-order chi connectivity index (χ1) is 15.2. The minimum Gasteiger partial charge on any atom is -0.340 e. The molecule has 4 aromatic rings. The molecule has 0 spiro atoms. The normalized spacial score (nSPS) is 14.9. The number of pyridine rings is 1. The van der Waals surface area contributed by atoms with Gasteiger partial charge in [0.05, 0.1) is 39.0 Å². The van der Waals surface area contributed by atoms with Gasteiger partial charge in [-0.2, -0.15) is 5.10 Å². The van der Waals surface area contributed by atoms with Crippen LogP contribution >= 0.6 is 0 Å². The summed E-state index contributed by atoms with van der Waals surface area (Å²) in [6.07, 6.45) is 3.30. The number of aryl methyl sites for hydroxylation is 2. The lowest BCUT2D eigenvalue weighted by Gasteiger charge is -2.33. The van der Waals surface area contributed by atoms with E-state index >= 15 is 8.78 Å². The molecule has 1 aliphatic rings. The van der Waals surface area contributed by atoms with Gasteiger partial charge in [-0.25, -0.2) is 8.78 Å². The van der Waals surface area contributed by atoms with E-state index in [1.54, 1.807) is 10.7 Å². The number of halogens is 2. The molecule has 0 fully saturated rings. The smallest absolute Gasteiger partial charge is 0.255 e. The summed E-state index contributed by atoms with van der Waals surface area (Å²) in [5.41, 5.74) is 2.80. The number of rotatable bonds is 3. The summed E-state index contributed by atoms with van der Waals surface area (Å²) in [7, 11) is 14.1. The summed E-state index contributed by atoms with van der Waals surface area (Å²) < 4.78 is 31.9. The van der Waals surface area contributed by atoms with E-state index in [1.807, 2.05) is 32.3 Å². The minimum absolute atomic E-state index is 0.169. The Morgan fingerprint density at radius 1 is 1.09 bits per heavy atom. The Morgan fingerprint density at radius 3 is 2.50 bits per heavy atom. The molecule has 0 saturated heterocycles. The van der Waals surface area contributed by atoms with Gasteiger partial charge < -0.3 is 4.90 Å². The molecule has 0 N–H and O–H groups in total. The van der Waals surface area contributed by atoms with Crippen molar-refractivity contribution in [3.05, 3.63) is 82.8 Å². The lowest BCUT2D eigenvalue weighted by atomic mass is 9.59. The zero-order valence-electron chi connectivity index (χ0n) is 17.4. The van der Waals surface area contributed by atoms with E-state index in [0.29, 0.717) is 11.1 Å². The van der Waals surface area contributed by atoms with Gasteiger partial charge in [-0.05, 0) is 60.0 Å². The van der Waals surface area contributed by atoms with Crippen molar-refractivity contribution in [3.8, 4) is 11.1 Å². The molecule has 154 valence electrons. The van der Waals surface area contributed by atoms with Crippen LogP contribution in [-0.4, -0.2) is 41.3 Å². The van der Waals surface area contributed by atoms with E-state index in [0.717, 1.165) is 21.4 Å². The Bertz CT molecular complexity index is 1390. The van der Waals surface area contributed by atoms with E-state index in [4.69, 9.17) is 15.7 Å². The third-order valence-corrected chi connectivity index (χ3v) is 5.84. The van der Waals surface area contributed by atoms with Crippen molar-refractivity contribution in [1.82, 2.24) is 19.7 Å². The molecule has 2 aromatic heterocycles. The van der Waals surface area contributed by atoms with Crippen LogP contribution in [0.4, 0.5) is 8.78 Å². The second-order valence-electron chi connectivity index (χ2n) is 8.06. The molecule has 9 heteroatoms. The molecule has 0 atom stereocenters. The maximum Gasteiger partial charge on any atom is 0.255 e. The van der Waals surface area contributed by atoms with E-state index in [2.05, 4.69) is 10.1 Å². The summed E-state index contributed by atoms with van der Waals surface area (Å²) in [4.78, 5) is 17.9. The highest BCUT2D eigenvalue weighted by atomic mass is 19.1. The van der Waals surface area contributed by atoms with Crippen molar-refractivity contribution in [1.29, 1.82) is 0 Å². The Kier molecular flexibility index (Phi) is 4.48. The molecule has 0 aliphatic carbocycles. The summed E-state index contributed by atoms with van der Waals surface area (Å²) in [6, 6.07) is 9.34. The molecule has 0 unspecified atom stereocenters. The monoisotopic (exact) mass is 424 g/mol. The summed E-state index contributed by atoms with van der Waals surface area (Å²) >= 11 is 0. The predicted octanol–water partition coefficient (Wildman–Crippen LogP) is 3.33. The van der Waals surface area contributed by atoms with E-state index in [-0.39, 0.29) is 16.8 Å².